The first kappa shape index (κ1) is 14.2. The van der Waals surface area contributed by atoms with Gasteiger partial charge in [0.15, 0.2) is 0 Å². The van der Waals surface area contributed by atoms with Gasteiger partial charge in [0.05, 0.1) is 22.4 Å². The third-order valence-electron chi connectivity index (χ3n) is 2.97. The molecule has 0 fully saturated rings. The topological polar surface area (TPSA) is 42.7 Å². The maximum absolute atomic E-state index is 4.44. The first-order chi connectivity index (χ1) is 9.27. The summed E-state index contributed by atoms with van der Waals surface area (Å²) in [5.74, 6) is 0. The number of nitrogens with one attached hydrogen (secondary N) is 1. The molecule has 0 bridgehead atoms. The van der Waals surface area contributed by atoms with Crippen LogP contribution in [0, 0.1) is 0 Å². The van der Waals surface area contributed by atoms with E-state index < -0.39 is 0 Å². The zero-order chi connectivity index (χ0) is 13.7. The summed E-state index contributed by atoms with van der Waals surface area (Å²) in [6.07, 6.45) is 6.63. The summed E-state index contributed by atoms with van der Waals surface area (Å²) in [6.45, 7) is 6.08. The second-order valence-electron chi connectivity index (χ2n) is 4.38. The fourth-order valence-electron chi connectivity index (χ4n) is 2.17. The van der Waals surface area contributed by atoms with Gasteiger partial charge >= 0.3 is 0 Å². The minimum absolute atomic E-state index is 0.113. The molecule has 2 heterocycles. The van der Waals surface area contributed by atoms with Crippen molar-refractivity contribution in [3.63, 3.8) is 0 Å². The van der Waals surface area contributed by atoms with E-state index in [9.17, 15) is 0 Å². The highest BCUT2D eigenvalue weighted by molar-refractivity contribution is 9.10. The monoisotopic (exact) mass is 322 g/mol. The number of aryl methyl sites for hydroxylation is 1. The molecule has 0 saturated heterocycles. The largest absolute Gasteiger partial charge is 0.305 e. The van der Waals surface area contributed by atoms with Gasteiger partial charge in [-0.25, -0.2) is 0 Å². The molecule has 0 aliphatic heterocycles. The van der Waals surface area contributed by atoms with E-state index in [2.05, 4.69) is 55.9 Å². The molecule has 4 nitrogen and oxygen atoms in total. The quantitative estimate of drug-likeness (QED) is 0.888. The number of halogens is 1. The lowest BCUT2D eigenvalue weighted by Crippen LogP contribution is -2.25. The summed E-state index contributed by atoms with van der Waals surface area (Å²) in [6, 6.07) is 4.17. The number of nitrogens with zero attached hydrogens (tertiary/aromatic N) is 3. The molecule has 1 unspecified atom stereocenters. The van der Waals surface area contributed by atoms with Crippen LogP contribution in [-0.2, 0) is 6.54 Å². The van der Waals surface area contributed by atoms with Crippen molar-refractivity contribution in [1.82, 2.24) is 20.1 Å². The van der Waals surface area contributed by atoms with Crippen LogP contribution in [0.25, 0.3) is 0 Å². The van der Waals surface area contributed by atoms with E-state index in [1.807, 2.05) is 18.5 Å². The Balaban J connectivity index is 2.42. The molecule has 5 heteroatoms. The molecule has 0 aliphatic rings. The molecule has 0 aromatic carbocycles. The van der Waals surface area contributed by atoms with Crippen molar-refractivity contribution in [3.05, 3.63) is 46.5 Å². The molecule has 0 radical (unpaired) electrons. The predicted octanol–water partition coefficient (Wildman–Crippen LogP) is 3.15. The predicted molar refractivity (Wildman–Crippen MR) is 80.0 cm³/mol. The van der Waals surface area contributed by atoms with E-state index in [0.29, 0.717) is 0 Å². The lowest BCUT2D eigenvalue weighted by Gasteiger charge is -2.20. The van der Waals surface area contributed by atoms with Crippen molar-refractivity contribution in [1.29, 1.82) is 0 Å². The third-order valence-corrected chi connectivity index (χ3v) is 3.58. The van der Waals surface area contributed by atoms with Crippen LogP contribution in [-0.4, -0.2) is 21.3 Å². The first-order valence-electron chi connectivity index (χ1n) is 6.62. The Bertz CT molecular complexity index is 509. The van der Waals surface area contributed by atoms with Crippen LogP contribution < -0.4 is 5.32 Å². The Kier molecular flexibility index (Phi) is 5.10. The fraction of sp³-hybridized carbons (Fsp3) is 0.429. The highest BCUT2D eigenvalue weighted by Crippen LogP contribution is 2.28. The van der Waals surface area contributed by atoms with Crippen LogP contribution >= 0.6 is 15.9 Å². The molecule has 0 aliphatic carbocycles. The van der Waals surface area contributed by atoms with Gasteiger partial charge in [0.2, 0.25) is 0 Å². The SMILES string of the molecule is CCCn1ncc(Br)c1C(NCC)c1cccnc1. The smallest absolute Gasteiger partial charge is 0.0774 e. The summed E-state index contributed by atoms with van der Waals surface area (Å²) in [5.41, 5.74) is 2.32. The summed E-state index contributed by atoms with van der Waals surface area (Å²) < 4.78 is 3.10. The van der Waals surface area contributed by atoms with Crippen LogP contribution in [0.4, 0.5) is 0 Å². The minimum atomic E-state index is 0.113. The zero-order valence-corrected chi connectivity index (χ0v) is 12.9. The van der Waals surface area contributed by atoms with Gasteiger partial charge in [-0.2, -0.15) is 5.10 Å². The van der Waals surface area contributed by atoms with Crippen LogP contribution in [0.3, 0.4) is 0 Å². The molecule has 2 aromatic heterocycles. The number of aromatic nitrogens is 3. The number of hydrogen-bond donors (Lipinski definition) is 1. The molecule has 1 N–H and O–H groups in total. The van der Waals surface area contributed by atoms with E-state index >= 15 is 0 Å². The Labute approximate surface area is 122 Å². The normalized spacial score (nSPS) is 12.6. The third kappa shape index (κ3) is 3.22. The molecule has 0 saturated carbocycles. The van der Waals surface area contributed by atoms with Crippen LogP contribution in [0.15, 0.2) is 35.2 Å². The molecular weight excluding hydrogens is 304 g/mol. The lowest BCUT2D eigenvalue weighted by molar-refractivity contribution is 0.518. The molecule has 2 aromatic rings. The van der Waals surface area contributed by atoms with E-state index in [0.717, 1.165) is 35.2 Å². The molecule has 19 heavy (non-hydrogen) atoms. The Morgan fingerprint density at radius 3 is 2.84 bits per heavy atom. The summed E-state index contributed by atoms with van der Waals surface area (Å²) >= 11 is 3.61. The highest BCUT2D eigenvalue weighted by Gasteiger charge is 2.20. The van der Waals surface area contributed by atoms with Crippen molar-refractivity contribution in [3.8, 4) is 0 Å². The van der Waals surface area contributed by atoms with E-state index in [1.165, 1.54) is 0 Å². The molecular formula is C14H19BrN4. The Hall–Kier alpha value is -1.20. The van der Waals surface area contributed by atoms with Crippen molar-refractivity contribution < 1.29 is 0 Å². The van der Waals surface area contributed by atoms with Gasteiger partial charge in [0.25, 0.3) is 0 Å². The fourth-order valence-corrected chi connectivity index (χ4v) is 2.70. The van der Waals surface area contributed by atoms with Gasteiger partial charge in [-0.1, -0.05) is 19.9 Å². The van der Waals surface area contributed by atoms with Crippen molar-refractivity contribution in [2.45, 2.75) is 32.9 Å². The average Bonchev–Trinajstić information content (AvgIpc) is 2.79. The Morgan fingerprint density at radius 2 is 2.21 bits per heavy atom. The van der Waals surface area contributed by atoms with Crippen molar-refractivity contribution in [2.24, 2.45) is 0 Å². The minimum Gasteiger partial charge on any atom is -0.305 e. The molecule has 0 amide bonds. The first-order valence-corrected chi connectivity index (χ1v) is 7.41. The molecule has 102 valence electrons. The van der Waals surface area contributed by atoms with E-state index in [1.54, 1.807) is 6.20 Å². The summed E-state index contributed by atoms with van der Waals surface area (Å²) in [4.78, 5) is 4.22. The van der Waals surface area contributed by atoms with E-state index in [4.69, 9.17) is 0 Å². The standard InChI is InChI=1S/C14H19BrN4/c1-3-8-19-14(12(15)10-18-19)13(17-4-2)11-6-5-7-16-9-11/h5-7,9-10,13,17H,3-4,8H2,1-2H3. The number of rotatable bonds is 6. The van der Waals surface area contributed by atoms with E-state index in [-0.39, 0.29) is 6.04 Å². The van der Waals surface area contributed by atoms with Gasteiger partial charge in [0, 0.05) is 18.9 Å². The van der Waals surface area contributed by atoms with Gasteiger partial charge < -0.3 is 5.32 Å². The second kappa shape index (κ2) is 6.82. The maximum atomic E-state index is 4.44. The summed E-state index contributed by atoms with van der Waals surface area (Å²) in [7, 11) is 0. The molecule has 0 spiro atoms. The molecule has 1 atom stereocenters. The van der Waals surface area contributed by atoms with Crippen LogP contribution in [0.1, 0.15) is 37.6 Å². The number of hydrogen-bond acceptors (Lipinski definition) is 3. The van der Waals surface area contributed by atoms with Gasteiger partial charge in [-0.3, -0.25) is 9.67 Å². The van der Waals surface area contributed by atoms with Gasteiger partial charge in [-0.15, -0.1) is 0 Å². The average molecular weight is 323 g/mol. The maximum Gasteiger partial charge on any atom is 0.0774 e. The Morgan fingerprint density at radius 1 is 1.37 bits per heavy atom. The summed E-state index contributed by atoms with van der Waals surface area (Å²) in [5, 5.41) is 7.95. The van der Waals surface area contributed by atoms with Gasteiger partial charge in [0.1, 0.15) is 0 Å². The van der Waals surface area contributed by atoms with Gasteiger partial charge in [-0.05, 0) is 40.5 Å². The van der Waals surface area contributed by atoms with Crippen LogP contribution in [0.2, 0.25) is 0 Å². The lowest BCUT2D eigenvalue weighted by atomic mass is 10.1. The van der Waals surface area contributed by atoms with Crippen LogP contribution in [0.5, 0.6) is 0 Å². The second-order valence-corrected chi connectivity index (χ2v) is 5.23. The van der Waals surface area contributed by atoms with Crippen molar-refractivity contribution >= 4 is 15.9 Å². The zero-order valence-electron chi connectivity index (χ0n) is 11.3. The van der Waals surface area contributed by atoms with Crippen molar-refractivity contribution in [2.75, 3.05) is 6.54 Å². The molecule has 2 rings (SSSR count). The highest BCUT2D eigenvalue weighted by atomic mass is 79.9. The number of pyridine rings is 1.